The first-order valence-electron chi connectivity index (χ1n) is 14.5. The average Bonchev–Trinajstić information content (AvgIpc) is 3.32. The lowest BCUT2D eigenvalue weighted by atomic mass is 10.2. The number of carbonyl (C=O) groups is 4. The van der Waals surface area contributed by atoms with Gasteiger partial charge < -0.3 is 29.3 Å². The quantitative estimate of drug-likeness (QED) is 0.306. The molecule has 0 unspecified atom stereocenters. The Morgan fingerprint density at radius 1 is 0.889 bits per heavy atom. The van der Waals surface area contributed by atoms with Crippen LogP contribution in [0.1, 0.15) is 12.5 Å². The van der Waals surface area contributed by atoms with Gasteiger partial charge in [0.1, 0.15) is 12.3 Å². The number of imide groups is 1. The van der Waals surface area contributed by atoms with Crippen molar-refractivity contribution in [2.75, 3.05) is 63.3 Å². The molecule has 3 aromatic carbocycles. The Labute approximate surface area is 265 Å². The lowest BCUT2D eigenvalue weighted by Gasteiger charge is -2.36. The summed E-state index contributed by atoms with van der Waals surface area (Å²) >= 11 is 0.785. The van der Waals surface area contributed by atoms with E-state index in [2.05, 4.69) is 10.2 Å². The number of ether oxygens (including phenoxy) is 3. The number of methoxy groups -OCH3 is 1. The molecule has 0 saturated carbocycles. The Hall–Kier alpha value is -4.97. The van der Waals surface area contributed by atoms with Crippen molar-refractivity contribution in [3.05, 3.63) is 83.3 Å². The number of piperazine rings is 1. The maximum Gasteiger partial charge on any atom is 0.294 e. The van der Waals surface area contributed by atoms with Crippen molar-refractivity contribution in [1.82, 2.24) is 9.80 Å². The molecule has 0 atom stereocenters. The van der Waals surface area contributed by atoms with E-state index in [1.165, 1.54) is 7.11 Å². The topological polar surface area (TPSA) is 118 Å². The van der Waals surface area contributed by atoms with E-state index in [0.29, 0.717) is 61.3 Å². The number of amides is 4. The van der Waals surface area contributed by atoms with Gasteiger partial charge in [0.25, 0.3) is 17.1 Å². The number of hydrogen-bond donors (Lipinski definition) is 1. The minimum atomic E-state index is -0.524. The van der Waals surface area contributed by atoms with Gasteiger partial charge >= 0.3 is 0 Å². The van der Waals surface area contributed by atoms with E-state index in [1.807, 2.05) is 43.3 Å². The summed E-state index contributed by atoms with van der Waals surface area (Å²) in [6.45, 7) is 4.11. The first-order chi connectivity index (χ1) is 21.9. The van der Waals surface area contributed by atoms with Gasteiger partial charge in [-0.3, -0.25) is 24.1 Å². The van der Waals surface area contributed by atoms with Gasteiger partial charge in [0.15, 0.2) is 18.1 Å². The van der Waals surface area contributed by atoms with Gasteiger partial charge in [-0.1, -0.05) is 36.4 Å². The minimum absolute atomic E-state index is 0.199. The zero-order valence-electron chi connectivity index (χ0n) is 25.1. The highest BCUT2D eigenvalue weighted by atomic mass is 32.2. The lowest BCUT2D eigenvalue weighted by molar-refractivity contribution is -0.136. The van der Waals surface area contributed by atoms with Gasteiger partial charge in [-0.05, 0) is 66.7 Å². The van der Waals surface area contributed by atoms with Crippen molar-refractivity contribution < 1.29 is 33.4 Å². The molecule has 1 N–H and O–H groups in total. The normalized spacial score (nSPS) is 15.8. The Kier molecular flexibility index (Phi) is 10.3. The Bertz CT molecular complexity index is 1590. The van der Waals surface area contributed by atoms with Crippen LogP contribution >= 0.6 is 11.8 Å². The predicted molar refractivity (Wildman–Crippen MR) is 173 cm³/mol. The summed E-state index contributed by atoms with van der Waals surface area (Å²) < 4.78 is 16.7. The fourth-order valence-corrected chi connectivity index (χ4v) is 5.79. The molecule has 0 spiro atoms. The second-order valence-corrected chi connectivity index (χ2v) is 11.1. The summed E-state index contributed by atoms with van der Waals surface area (Å²) in [5.41, 5.74) is 2.22. The summed E-state index contributed by atoms with van der Waals surface area (Å²) in [6.07, 6.45) is 1.57. The van der Waals surface area contributed by atoms with Crippen LogP contribution in [0.5, 0.6) is 17.2 Å². The molecular formula is C33H34N4O7S. The van der Waals surface area contributed by atoms with Crippen molar-refractivity contribution in [1.29, 1.82) is 0 Å². The highest BCUT2D eigenvalue weighted by Crippen LogP contribution is 2.35. The van der Waals surface area contributed by atoms with Crippen molar-refractivity contribution >= 4 is 52.2 Å². The molecule has 2 fully saturated rings. The number of rotatable bonds is 11. The first kappa shape index (κ1) is 31.5. The van der Waals surface area contributed by atoms with E-state index in [0.717, 1.165) is 22.3 Å². The molecule has 0 radical (unpaired) electrons. The standard InChI is InChI=1S/C33H34N4O7S/c1-3-43-26-12-8-7-11-25(26)34-30(38)22-44-27-14-13-23(19-28(27)42-2)20-29-32(40)37(33(41)45-29)21-31(39)36-17-15-35(16-18-36)24-9-5-4-6-10-24/h4-14,19-20H,3,15-18,21-22H2,1-2H3,(H,34,38)/b29-20+. The molecule has 0 aliphatic carbocycles. The third-order valence-corrected chi connectivity index (χ3v) is 8.13. The largest absolute Gasteiger partial charge is 0.493 e. The predicted octanol–water partition coefficient (Wildman–Crippen LogP) is 4.50. The van der Waals surface area contributed by atoms with Gasteiger partial charge in [-0.2, -0.15) is 0 Å². The number of hydrogen-bond acceptors (Lipinski definition) is 9. The fraction of sp³-hybridized carbons (Fsp3) is 0.273. The molecule has 2 heterocycles. The van der Waals surface area contributed by atoms with E-state index in [-0.39, 0.29) is 29.9 Å². The number of nitrogens with one attached hydrogen (secondary N) is 1. The van der Waals surface area contributed by atoms with Gasteiger partial charge in [0, 0.05) is 31.9 Å². The molecule has 0 aromatic heterocycles. The Morgan fingerprint density at radius 2 is 1.62 bits per heavy atom. The highest BCUT2D eigenvalue weighted by Gasteiger charge is 2.37. The van der Waals surface area contributed by atoms with Crippen LogP contribution in [0.3, 0.4) is 0 Å². The first-order valence-corrected chi connectivity index (χ1v) is 15.3. The van der Waals surface area contributed by atoms with Crippen LogP contribution in [0, 0.1) is 0 Å². The number of thioether (sulfide) groups is 1. The number of para-hydroxylation sites is 3. The zero-order valence-corrected chi connectivity index (χ0v) is 25.9. The molecule has 3 aromatic rings. The number of carbonyl (C=O) groups excluding carboxylic acids is 4. The maximum atomic E-state index is 13.1. The van der Waals surface area contributed by atoms with Crippen molar-refractivity contribution in [3.8, 4) is 17.2 Å². The maximum absolute atomic E-state index is 13.1. The third kappa shape index (κ3) is 7.76. The fourth-order valence-electron chi connectivity index (χ4n) is 4.95. The van der Waals surface area contributed by atoms with Crippen LogP contribution in [0.25, 0.3) is 6.08 Å². The molecule has 2 saturated heterocycles. The van der Waals surface area contributed by atoms with E-state index in [9.17, 15) is 19.2 Å². The highest BCUT2D eigenvalue weighted by molar-refractivity contribution is 8.18. The van der Waals surface area contributed by atoms with E-state index < -0.39 is 11.1 Å². The summed E-state index contributed by atoms with van der Waals surface area (Å²) in [4.78, 5) is 56.4. The molecule has 2 aliphatic heterocycles. The molecule has 2 aliphatic rings. The zero-order chi connectivity index (χ0) is 31.8. The minimum Gasteiger partial charge on any atom is -0.493 e. The summed E-state index contributed by atoms with van der Waals surface area (Å²) in [5.74, 6) is 0.0639. The second kappa shape index (κ2) is 14.7. The van der Waals surface area contributed by atoms with Crippen LogP contribution in [-0.4, -0.2) is 85.8 Å². The molecule has 4 amide bonds. The smallest absolute Gasteiger partial charge is 0.294 e. The number of benzene rings is 3. The third-order valence-electron chi connectivity index (χ3n) is 7.23. The summed E-state index contributed by atoms with van der Waals surface area (Å²) in [6, 6.07) is 22.0. The monoisotopic (exact) mass is 630 g/mol. The average molecular weight is 631 g/mol. The van der Waals surface area contributed by atoms with Crippen molar-refractivity contribution in [2.45, 2.75) is 6.92 Å². The Morgan fingerprint density at radius 3 is 2.36 bits per heavy atom. The van der Waals surface area contributed by atoms with Gasteiger partial charge in [-0.25, -0.2) is 0 Å². The molecule has 0 bridgehead atoms. The summed E-state index contributed by atoms with van der Waals surface area (Å²) in [5, 5.41) is 2.28. The van der Waals surface area contributed by atoms with Crippen LogP contribution in [0.4, 0.5) is 16.2 Å². The second-order valence-electron chi connectivity index (χ2n) is 10.1. The van der Waals surface area contributed by atoms with E-state index in [1.54, 1.807) is 47.4 Å². The van der Waals surface area contributed by atoms with Crippen LogP contribution in [-0.2, 0) is 14.4 Å². The van der Waals surface area contributed by atoms with Crippen molar-refractivity contribution in [3.63, 3.8) is 0 Å². The van der Waals surface area contributed by atoms with Crippen LogP contribution in [0.15, 0.2) is 77.7 Å². The van der Waals surface area contributed by atoms with Gasteiger partial charge in [0.2, 0.25) is 5.91 Å². The molecule has 12 heteroatoms. The van der Waals surface area contributed by atoms with Gasteiger partial charge in [-0.15, -0.1) is 0 Å². The SMILES string of the molecule is CCOc1ccccc1NC(=O)COc1ccc(/C=C2/SC(=O)N(CC(=O)N3CCN(c4ccccc4)CC3)C2=O)cc1OC. The molecular weight excluding hydrogens is 596 g/mol. The molecule has 5 rings (SSSR count). The molecule has 45 heavy (non-hydrogen) atoms. The Balaban J connectivity index is 1.16. The molecule has 234 valence electrons. The number of nitrogens with zero attached hydrogens (tertiary/aromatic N) is 3. The van der Waals surface area contributed by atoms with E-state index >= 15 is 0 Å². The van der Waals surface area contributed by atoms with Crippen LogP contribution in [0.2, 0.25) is 0 Å². The van der Waals surface area contributed by atoms with Gasteiger partial charge in [0.05, 0.1) is 24.3 Å². The van der Waals surface area contributed by atoms with Crippen LogP contribution < -0.4 is 24.4 Å². The number of anilines is 2. The lowest BCUT2D eigenvalue weighted by Crippen LogP contribution is -2.51. The van der Waals surface area contributed by atoms with E-state index in [4.69, 9.17) is 14.2 Å². The molecule has 11 nitrogen and oxygen atoms in total. The summed E-state index contributed by atoms with van der Waals surface area (Å²) in [7, 11) is 1.46. The van der Waals surface area contributed by atoms with Crippen molar-refractivity contribution in [2.24, 2.45) is 0 Å².